The quantitative estimate of drug-likeness (QED) is 0.691. The predicted octanol–water partition coefficient (Wildman–Crippen LogP) is 4.34. The van der Waals surface area contributed by atoms with Crippen LogP contribution < -0.4 is 20.3 Å². The molecule has 2 N–H and O–H groups in total. The Morgan fingerprint density at radius 2 is 1.87 bits per heavy atom. The summed E-state index contributed by atoms with van der Waals surface area (Å²) in [6.07, 6.45) is 9.26. The van der Waals surface area contributed by atoms with E-state index in [1.165, 1.54) is 25.7 Å². The van der Waals surface area contributed by atoms with Crippen LogP contribution in [0.15, 0.2) is 42.6 Å². The van der Waals surface area contributed by atoms with Crippen LogP contribution in [0.4, 0.5) is 16.3 Å². The molecule has 1 aromatic heterocycles. The first-order chi connectivity index (χ1) is 15.3. The number of amides is 2. The highest BCUT2D eigenvalue weighted by Crippen LogP contribution is 2.19. The SMILES string of the molecule is O=C(NCc1ccc(N2CCCCCC2)nc1)Nc1ccc(OCC2CCCO2)cc1. The lowest BCUT2D eigenvalue weighted by Gasteiger charge is -2.21. The molecule has 4 rings (SSSR count). The van der Waals surface area contributed by atoms with Crippen LogP contribution in [0.2, 0.25) is 0 Å². The largest absolute Gasteiger partial charge is 0.491 e. The van der Waals surface area contributed by atoms with Gasteiger partial charge in [0.2, 0.25) is 0 Å². The van der Waals surface area contributed by atoms with Gasteiger partial charge < -0.3 is 25.0 Å². The predicted molar refractivity (Wildman–Crippen MR) is 122 cm³/mol. The molecule has 0 aliphatic carbocycles. The zero-order chi connectivity index (χ0) is 21.3. The molecule has 0 saturated carbocycles. The first kappa shape index (κ1) is 21.4. The van der Waals surface area contributed by atoms with Gasteiger partial charge in [-0.15, -0.1) is 0 Å². The average Bonchev–Trinajstić information content (AvgIpc) is 3.18. The lowest BCUT2D eigenvalue weighted by atomic mass is 10.2. The summed E-state index contributed by atoms with van der Waals surface area (Å²) in [6.45, 7) is 3.97. The number of ether oxygens (including phenoxy) is 2. The second-order valence-electron chi connectivity index (χ2n) is 8.20. The maximum absolute atomic E-state index is 12.2. The molecule has 1 atom stereocenters. The highest BCUT2D eigenvalue weighted by Gasteiger charge is 2.16. The van der Waals surface area contributed by atoms with E-state index < -0.39 is 0 Å². The van der Waals surface area contributed by atoms with Gasteiger partial charge in [0.15, 0.2) is 0 Å². The van der Waals surface area contributed by atoms with Gasteiger partial charge in [0.1, 0.15) is 18.2 Å². The third-order valence-corrected chi connectivity index (χ3v) is 5.76. The minimum absolute atomic E-state index is 0.191. The zero-order valence-electron chi connectivity index (χ0n) is 18.0. The molecule has 0 radical (unpaired) electrons. The van der Waals surface area contributed by atoms with E-state index in [0.29, 0.717) is 13.2 Å². The summed E-state index contributed by atoms with van der Waals surface area (Å²) in [4.78, 5) is 19.2. The van der Waals surface area contributed by atoms with Crippen molar-refractivity contribution < 1.29 is 14.3 Å². The van der Waals surface area contributed by atoms with Crippen molar-refractivity contribution in [1.29, 1.82) is 0 Å². The molecule has 2 amide bonds. The molecule has 2 saturated heterocycles. The molecule has 2 aliphatic rings. The molecular weight excluding hydrogens is 392 g/mol. The number of carbonyl (C=O) groups excluding carboxylic acids is 1. The third-order valence-electron chi connectivity index (χ3n) is 5.76. The molecule has 166 valence electrons. The summed E-state index contributed by atoms with van der Waals surface area (Å²) in [6, 6.07) is 11.2. The fraction of sp³-hybridized carbons (Fsp3) is 0.500. The molecule has 2 aromatic rings. The summed E-state index contributed by atoms with van der Waals surface area (Å²) < 4.78 is 11.3. The topological polar surface area (TPSA) is 75.7 Å². The van der Waals surface area contributed by atoms with Gasteiger partial charge in [-0.1, -0.05) is 18.9 Å². The lowest BCUT2D eigenvalue weighted by Crippen LogP contribution is -2.28. The molecule has 0 bridgehead atoms. The van der Waals surface area contributed by atoms with Gasteiger partial charge in [-0.2, -0.15) is 0 Å². The molecular formula is C24H32N4O3. The number of pyridine rings is 1. The number of rotatable bonds is 7. The van der Waals surface area contributed by atoms with Crippen molar-refractivity contribution in [2.45, 2.75) is 51.2 Å². The fourth-order valence-electron chi connectivity index (χ4n) is 3.97. The summed E-state index contributed by atoms with van der Waals surface area (Å²) in [5.74, 6) is 1.80. The highest BCUT2D eigenvalue weighted by molar-refractivity contribution is 5.89. The van der Waals surface area contributed by atoms with Crippen LogP contribution in [0.25, 0.3) is 0 Å². The van der Waals surface area contributed by atoms with Crippen molar-refractivity contribution in [2.24, 2.45) is 0 Å². The van der Waals surface area contributed by atoms with Crippen molar-refractivity contribution in [3.63, 3.8) is 0 Å². The van der Waals surface area contributed by atoms with E-state index in [4.69, 9.17) is 9.47 Å². The van der Waals surface area contributed by atoms with Crippen LogP contribution in [0.1, 0.15) is 44.1 Å². The Kier molecular flexibility index (Phi) is 7.60. The molecule has 7 heteroatoms. The minimum Gasteiger partial charge on any atom is -0.491 e. The number of hydrogen-bond donors (Lipinski definition) is 2. The van der Waals surface area contributed by atoms with Crippen LogP contribution in [0, 0.1) is 0 Å². The number of nitrogens with zero attached hydrogens (tertiary/aromatic N) is 2. The summed E-state index contributed by atoms with van der Waals surface area (Å²) >= 11 is 0. The first-order valence-electron chi connectivity index (χ1n) is 11.4. The minimum atomic E-state index is -0.246. The fourth-order valence-corrected chi connectivity index (χ4v) is 3.97. The van der Waals surface area contributed by atoms with Crippen LogP contribution in [0.3, 0.4) is 0 Å². The monoisotopic (exact) mass is 424 g/mol. The molecule has 7 nitrogen and oxygen atoms in total. The average molecular weight is 425 g/mol. The normalized spacial score (nSPS) is 19.0. The first-order valence-corrected chi connectivity index (χ1v) is 11.4. The number of anilines is 2. The highest BCUT2D eigenvalue weighted by atomic mass is 16.5. The Hall–Kier alpha value is -2.80. The van der Waals surface area contributed by atoms with E-state index in [-0.39, 0.29) is 12.1 Å². The third kappa shape index (κ3) is 6.59. The van der Waals surface area contributed by atoms with Crippen molar-refractivity contribution >= 4 is 17.5 Å². The van der Waals surface area contributed by atoms with Crippen LogP contribution in [-0.2, 0) is 11.3 Å². The Morgan fingerprint density at radius 1 is 1.06 bits per heavy atom. The van der Waals surface area contributed by atoms with Crippen molar-refractivity contribution in [2.75, 3.05) is 36.5 Å². The second kappa shape index (κ2) is 11.0. The molecule has 1 unspecified atom stereocenters. The van der Waals surface area contributed by atoms with Crippen molar-refractivity contribution in [3.05, 3.63) is 48.2 Å². The maximum atomic E-state index is 12.2. The summed E-state index contributed by atoms with van der Waals surface area (Å²) in [7, 11) is 0. The van der Waals surface area contributed by atoms with Crippen molar-refractivity contribution in [1.82, 2.24) is 10.3 Å². The number of urea groups is 1. The van der Waals surface area contributed by atoms with E-state index in [2.05, 4.69) is 26.6 Å². The Balaban J connectivity index is 1.19. The van der Waals surface area contributed by atoms with Crippen molar-refractivity contribution in [3.8, 4) is 5.75 Å². The summed E-state index contributed by atoms with van der Waals surface area (Å²) in [5, 5.41) is 5.73. The number of nitrogens with one attached hydrogen (secondary N) is 2. The molecule has 3 heterocycles. The van der Waals surface area contributed by atoms with Gasteiger partial charge in [0, 0.05) is 38.1 Å². The van der Waals surface area contributed by atoms with Gasteiger partial charge in [-0.3, -0.25) is 0 Å². The van der Waals surface area contributed by atoms with E-state index in [9.17, 15) is 4.79 Å². The maximum Gasteiger partial charge on any atom is 0.319 e. The van der Waals surface area contributed by atoms with E-state index >= 15 is 0 Å². The second-order valence-corrected chi connectivity index (χ2v) is 8.20. The van der Waals surface area contributed by atoms with E-state index in [1.54, 1.807) is 0 Å². The molecule has 31 heavy (non-hydrogen) atoms. The van der Waals surface area contributed by atoms with E-state index in [1.807, 2.05) is 36.5 Å². The van der Waals surface area contributed by atoms with Gasteiger partial charge in [-0.05, 0) is 61.6 Å². The number of benzene rings is 1. The van der Waals surface area contributed by atoms with Gasteiger partial charge in [0.25, 0.3) is 0 Å². The summed E-state index contributed by atoms with van der Waals surface area (Å²) in [5.41, 5.74) is 1.70. The molecule has 2 fully saturated rings. The van der Waals surface area contributed by atoms with Gasteiger partial charge in [-0.25, -0.2) is 9.78 Å². The lowest BCUT2D eigenvalue weighted by molar-refractivity contribution is 0.0679. The van der Waals surface area contributed by atoms with E-state index in [0.717, 1.165) is 55.4 Å². The Morgan fingerprint density at radius 3 is 2.55 bits per heavy atom. The Bertz CT molecular complexity index is 812. The van der Waals surface area contributed by atoms with Gasteiger partial charge >= 0.3 is 6.03 Å². The van der Waals surface area contributed by atoms with Crippen LogP contribution >= 0.6 is 0 Å². The number of aromatic nitrogens is 1. The van der Waals surface area contributed by atoms with Gasteiger partial charge in [0.05, 0.1) is 6.10 Å². The molecule has 0 spiro atoms. The van der Waals surface area contributed by atoms with Crippen LogP contribution in [0.5, 0.6) is 5.75 Å². The zero-order valence-corrected chi connectivity index (χ0v) is 18.0. The smallest absolute Gasteiger partial charge is 0.319 e. The number of carbonyl (C=O) groups is 1. The standard InChI is InChI=1S/C24H32N4O3/c29-24(27-20-8-10-21(11-9-20)31-18-22-6-5-15-30-22)26-17-19-7-12-23(25-16-19)28-13-3-1-2-4-14-28/h7-12,16,22H,1-6,13-15,17-18H2,(H2,26,27,29). The number of hydrogen-bond acceptors (Lipinski definition) is 5. The molecule has 2 aliphatic heterocycles. The Labute approximate surface area is 184 Å². The van der Waals surface area contributed by atoms with Crippen LogP contribution in [-0.4, -0.2) is 43.4 Å². The molecule has 1 aromatic carbocycles.